The minimum absolute atomic E-state index is 0.00974. The standard InChI is InChI=1S/C18H23NO/c1-15(19)17-12-5-6-13-18(17)20-14-8-7-11-16-9-3-2-4-10-16/h2-6,9-10,12-13,15H,7-8,11,14,19H2,1H3/t15-/m1/s1. The lowest BCUT2D eigenvalue weighted by Crippen LogP contribution is -2.08. The van der Waals surface area contributed by atoms with Crippen molar-refractivity contribution in [2.24, 2.45) is 5.73 Å². The summed E-state index contributed by atoms with van der Waals surface area (Å²) in [5, 5.41) is 0. The van der Waals surface area contributed by atoms with E-state index in [9.17, 15) is 0 Å². The Balaban J connectivity index is 1.74. The highest BCUT2D eigenvalue weighted by molar-refractivity contribution is 5.35. The van der Waals surface area contributed by atoms with Crippen molar-refractivity contribution < 1.29 is 4.74 Å². The van der Waals surface area contributed by atoms with Crippen molar-refractivity contribution in [3.63, 3.8) is 0 Å². The number of unbranched alkanes of at least 4 members (excludes halogenated alkanes) is 1. The molecule has 0 aliphatic rings. The Morgan fingerprint density at radius 1 is 0.950 bits per heavy atom. The van der Waals surface area contributed by atoms with E-state index in [0.29, 0.717) is 0 Å². The van der Waals surface area contributed by atoms with Gasteiger partial charge in [0.15, 0.2) is 0 Å². The number of ether oxygens (including phenoxy) is 1. The SMILES string of the molecule is C[C@@H](N)c1ccccc1OCCCCc1ccccc1. The summed E-state index contributed by atoms with van der Waals surface area (Å²) in [6.07, 6.45) is 3.31. The molecule has 0 saturated carbocycles. The lowest BCUT2D eigenvalue weighted by Gasteiger charge is -2.13. The van der Waals surface area contributed by atoms with Gasteiger partial charge in [-0.05, 0) is 37.8 Å². The van der Waals surface area contributed by atoms with Crippen molar-refractivity contribution in [3.05, 3.63) is 65.7 Å². The first-order valence-electron chi connectivity index (χ1n) is 7.28. The Labute approximate surface area is 121 Å². The van der Waals surface area contributed by atoms with Crippen molar-refractivity contribution in [2.75, 3.05) is 6.61 Å². The van der Waals surface area contributed by atoms with Crippen LogP contribution in [0.25, 0.3) is 0 Å². The zero-order valence-corrected chi connectivity index (χ0v) is 12.1. The molecule has 0 unspecified atom stereocenters. The molecule has 106 valence electrons. The van der Waals surface area contributed by atoms with Gasteiger partial charge in [-0.1, -0.05) is 48.5 Å². The monoisotopic (exact) mass is 269 g/mol. The summed E-state index contributed by atoms with van der Waals surface area (Å²) in [6, 6.07) is 18.6. The van der Waals surface area contributed by atoms with Crippen LogP contribution in [0.15, 0.2) is 54.6 Å². The van der Waals surface area contributed by atoms with Gasteiger partial charge in [-0.3, -0.25) is 0 Å². The Bertz CT molecular complexity index is 508. The van der Waals surface area contributed by atoms with Crippen molar-refractivity contribution in [2.45, 2.75) is 32.2 Å². The first-order valence-corrected chi connectivity index (χ1v) is 7.28. The fourth-order valence-corrected chi connectivity index (χ4v) is 2.25. The summed E-state index contributed by atoms with van der Waals surface area (Å²) in [4.78, 5) is 0. The van der Waals surface area contributed by atoms with E-state index in [-0.39, 0.29) is 6.04 Å². The van der Waals surface area contributed by atoms with Crippen LogP contribution < -0.4 is 10.5 Å². The van der Waals surface area contributed by atoms with E-state index >= 15 is 0 Å². The molecule has 0 saturated heterocycles. The third kappa shape index (κ3) is 4.39. The van der Waals surface area contributed by atoms with E-state index < -0.39 is 0 Å². The van der Waals surface area contributed by atoms with Gasteiger partial charge in [0.25, 0.3) is 0 Å². The fraction of sp³-hybridized carbons (Fsp3) is 0.333. The molecule has 2 aromatic carbocycles. The van der Waals surface area contributed by atoms with E-state index in [2.05, 4.69) is 30.3 Å². The van der Waals surface area contributed by atoms with Gasteiger partial charge in [0.1, 0.15) is 5.75 Å². The normalized spacial score (nSPS) is 12.1. The summed E-state index contributed by atoms with van der Waals surface area (Å²) < 4.78 is 5.86. The number of nitrogens with two attached hydrogens (primary N) is 1. The number of rotatable bonds is 7. The summed E-state index contributed by atoms with van der Waals surface area (Å²) >= 11 is 0. The molecule has 0 aliphatic heterocycles. The Kier molecular flexibility index (Phi) is 5.63. The summed E-state index contributed by atoms with van der Waals surface area (Å²) in [7, 11) is 0. The molecule has 20 heavy (non-hydrogen) atoms. The quantitative estimate of drug-likeness (QED) is 0.768. The molecule has 0 radical (unpaired) electrons. The van der Waals surface area contributed by atoms with E-state index in [0.717, 1.165) is 37.2 Å². The highest BCUT2D eigenvalue weighted by Crippen LogP contribution is 2.23. The Morgan fingerprint density at radius 3 is 2.40 bits per heavy atom. The van der Waals surface area contributed by atoms with Crippen LogP contribution in [0, 0.1) is 0 Å². The van der Waals surface area contributed by atoms with Crippen molar-refractivity contribution in [1.82, 2.24) is 0 Å². The van der Waals surface area contributed by atoms with E-state index in [4.69, 9.17) is 10.5 Å². The van der Waals surface area contributed by atoms with Crippen LogP contribution >= 0.6 is 0 Å². The second kappa shape index (κ2) is 7.71. The maximum atomic E-state index is 5.94. The second-order valence-corrected chi connectivity index (χ2v) is 5.12. The minimum Gasteiger partial charge on any atom is -0.493 e. The first-order chi connectivity index (χ1) is 9.77. The second-order valence-electron chi connectivity index (χ2n) is 5.12. The van der Waals surface area contributed by atoms with Crippen LogP contribution in [0.4, 0.5) is 0 Å². The number of hydrogen-bond donors (Lipinski definition) is 1. The molecule has 0 heterocycles. The van der Waals surface area contributed by atoms with Crippen molar-refractivity contribution in [3.8, 4) is 5.75 Å². The van der Waals surface area contributed by atoms with Gasteiger partial charge >= 0.3 is 0 Å². The van der Waals surface area contributed by atoms with Crippen LogP contribution in [0.2, 0.25) is 0 Å². The highest BCUT2D eigenvalue weighted by atomic mass is 16.5. The molecule has 2 nitrogen and oxygen atoms in total. The minimum atomic E-state index is 0.00974. The van der Waals surface area contributed by atoms with Gasteiger partial charge in [-0.2, -0.15) is 0 Å². The fourth-order valence-electron chi connectivity index (χ4n) is 2.25. The van der Waals surface area contributed by atoms with Crippen LogP contribution in [-0.4, -0.2) is 6.61 Å². The number of para-hydroxylation sites is 1. The molecule has 1 atom stereocenters. The lowest BCUT2D eigenvalue weighted by molar-refractivity contribution is 0.302. The molecule has 2 N–H and O–H groups in total. The van der Waals surface area contributed by atoms with Gasteiger partial charge < -0.3 is 10.5 Å². The van der Waals surface area contributed by atoms with E-state index in [1.807, 2.05) is 31.2 Å². The molecule has 2 aromatic rings. The first kappa shape index (κ1) is 14.6. The topological polar surface area (TPSA) is 35.2 Å². The zero-order valence-electron chi connectivity index (χ0n) is 12.1. The molecule has 0 bridgehead atoms. The van der Waals surface area contributed by atoms with Crippen molar-refractivity contribution >= 4 is 0 Å². The maximum Gasteiger partial charge on any atom is 0.124 e. The van der Waals surface area contributed by atoms with Gasteiger partial charge in [0.05, 0.1) is 6.61 Å². The molecule has 2 rings (SSSR count). The summed E-state index contributed by atoms with van der Waals surface area (Å²) in [5.74, 6) is 0.919. The van der Waals surface area contributed by atoms with Crippen LogP contribution in [0.1, 0.15) is 36.9 Å². The maximum absolute atomic E-state index is 5.94. The number of benzene rings is 2. The van der Waals surface area contributed by atoms with E-state index in [1.165, 1.54) is 5.56 Å². The van der Waals surface area contributed by atoms with Gasteiger partial charge in [0, 0.05) is 11.6 Å². The average Bonchev–Trinajstić information content (AvgIpc) is 2.48. The summed E-state index contributed by atoms with van der Waals surface area (Å²) in [6.45, 7) is 2.73. The Morgan fingerprint density at radius 2 is 1.65 bits per heavy atom. The van der Waals surface area contributed by atoms with Gasteiger partial charge in [-0.15, -0.1) is 0 Å². The number of aryl methyl sites for hydroxylation is 1. The third-order valence-electron chi connectivity index (χ3n) is 3.37. The van der Waals surface area contributed by atoms with Crippen LogP contribution in [0.5, 0.6) is 5.75 Å². The Hall–Kier alpha value is -1.80. The van der Waals surface area contributed by atoms with Gasteiger partial charge in [-0.25, -0.2) is 0 Å². The molecule has 0 aromatic heterocycles. The molecular formula is C18H23NO. The predicted octanol–water partition coefficient (Wildman–Crippen LogP) is 4.11. The van der Waals surface area contributed by atoms with Crippen molar-refractivity contribution in [1.29, 1.82) is 0 Å². The third-order valence-corrected chi connectivity index (χ3v) is 3.37. The molecule has 2 heteroatoms. The highest BCUT2D eigenvalue weighted by Gasteiger charge is 2.06. The summed E-state index contributed by atoms with van der Waals surface area (Å²) in [5.41, 5.74) is 8.41. The lowest BCUT2D eigenvalue weighted by atomic mass is 10.1. The van der Waals surface area contributed by atoms with Crippen LogP contribution in [0.3, 0.4) is 0 Å². The predicted molar refractivity (Wildman–Crippen MR) is 83.9 cm³/mol. The zero-order chi connectivity index (χ0) is 14.2. The molecule has 0 aliphatic carbocycles. The van der Waals surface area contributed by atoms with Crippen LogP contribution in [-0.2, 0) is 6.42 Å². The molecule has 0 amide bonds. The van der Waals surface area contributed by atoms with E-state index in [1.54, 1.807) is 0 Å². The smallest absolute Gasteiger partial charge is 0.124 e. The average molecular weight is 269 g/mol. The largest absolute Gasteiger partial charge is 0.493 e. The number of hydrogen-bond acceptors (Lipinski definition) is 2. The van der Waals surface area contributed by atoms with Gasteiger partial charge in [0.2, 0.25) is 0 Å². The molecular weight excluding hydrogens is 246 g/mol. The molecule has 0 fully saturated rings. The molecule has 0 spiro atoms.